The van der Waals surface area contributed by atoms with Crippen molar-refractivity contribution in [3.05, 3.63) is 30.3 Å². The monoisotopic (exact) mass is 261 g/mol. The first-order valence-corrected chi connectivity index (χ1v) is 7.45. The summed E-state index contributed by atoms with van der Waals surface area (Å²) >= 11 is 0. The van der Waals surface area contributed by atoms with Crippen LogP contribution in [0.2, 0.25) is 0 Å². The second kappa shape index (κ2) is 7.51. The largest absolute Gasteiger partial charge is 0.375 e. The molecule has 3 heteroatoms. The molecule has 1 atom stereocenters. The molecule has 3 nitrogen and oxygen atoms in total. The molecule has 0 amide bonds. The third kappa shape index (κ3) is 4.51. The number of hydrogen-bond acceptors (Lipinski definition) is 3. The van der Waals surface area contributed by atoms with Gasteiger partial charge in [-0.15, -0.1) is 0 Å². The maximum atomic E-state index is 3.41. The van der Waals surface area contributed by atoms with Gasteiger partial charge in [-0.25, -0.2) is 0 Å². The van der Waals surface area contributed by atoms with E-state index in [0.717, 1.165) is 6.54 Å². The van der Waals surface area contributed by atoms with Crippen molar-refractivity contribution in [2.45, 2.75) is 25.3 Å². The predicted octanol–water partition coefficient (Wildman–Crippen LogP) is 2.20. The van der Waals surface area contributed by atoms with E-state index in [1.807, 2.05) is 0 Å². The number of piperidine rings is 1. The van der Waals surface area contributed by atoms with Gasteiger partial charge in [0.1, 0.15) is 0 Å². The minimum atomic E-state index is 0.695. The van der Waals surface area contributed by atoms with E-state index < -0.39 is 0 Å². The summed E-state index contributed by atoms with van der Waals surface area (Å²) < 4.78 is 0. The fourth-order valence-corrected chi connectivity index (χ4v) is 2.84. The SMILES string of the molecule is CNC1CCCN(CCCN(C)c2ccccc2)C1. The van der Waals surface area contributed by atoms with Crippen molar-refractivity contribution in [3.8, 4) is 0 Å². The smallest absolute Gasteiger partial charge is 0.0363 e. The Balaban J connectivity index is 1.69. The highest BCUT2D eigenvalue weighted by atomic mass is 15.2. The van der Waals surface area contributed by atoms with Crippen LogP contribution in [0.15, 0.2) is 30.3 Å². The summed E-state index contributed by atoms with van der Waals surface area (Å²) in [7, 11) is 4.26. The average Bonchev–Trinajstić information content (AvgIpc) is 2.48. The van der Waals surface area contributed by atoms with Gasteiger partial charge in [-0.05, 0) is 51.5 Å². The lowest BCUT2D eigenvalue weighted by molar-refractivity contribution is 0.194. The number of likely N-dealkylation sites (N-methyl/N-ethyl adjacent to an activating group) is 1. The summed E-state index contributed by atoms with van der Waals surface area (Å²) in [4.78, 5) is 4.95. The molecule has 1 aliphatic rings. The molecule has 1 fully saturated rings. The van der Waals surface area contributed by atoms with E-state index in [4.69, 9.17) is 0 Å². The standard InChI is InChI=1S/C16H27N3/c1-17-15-8-6-12-19(14-15)13-7-11-18(2)16-9-4-3-5-10-16/h3-5,9-10,15,17H,6-8,11-14H2,1-2H3. The lowest BCUT2D eigenvalue weighted by Crippen LogP contribution is -2.45. The van der Waals surface area contributed by atoms with Crippen molar-refractivity contribution >= 4 is 5.69 Å². The zero-order valence-corrected chi connectivity index (χ0v) is 12.3. The van der Waals surface area contributed by atoms with Crippen LogP contribution in [-0.4, -0.2) is 51.2 Å². The molecule has 1 unspecified atom stereocenters. The number of nitrogens with zero attached hydrogens (tertiary/aromatic N) is 2. The summed E-state index contributed by atoms with van der Waals surface area (Å²) in [5, 5.41) is 3.41. The molecule has 1 heterocycles. The molecule has 1 N–H and O–H groups in total. The van der Waals surface area contributed by atoms with E-state index in [2.05, 4.69) is 59.5 Å². The molecule has 1 aliphatic heterocycles. The Morgan fingerprint density at radius 2 is 2.11 bits per heavy atom. The van der Waals surface area contributed by atoms with Gasteiger partial charge in [0, 0.05) is 31.9 Å². The van der Waals surface area contributed by atoms with Crippen LogP contribution >= 0.6 is 0 Å². The lowest BCUT2D eigenvalue weighted by Gasteiger charge is -2.33. The highest BCUT2D eigenvalue weighted by molar-refractivity contribution is 5.44. The topological polar surface area (TPSA) is 18.5 Å². The van der Waals surface area contributed by atoms with Crippen LogP contribution in [0.5, 0.6) is 0 Å². The number of hydrogen-bond donors (Lipinski definition) is 1. The number of nitrogens with one attached hydrogen (secondary N) is 1. The summed E-state index contributed by atoms with van der Waals surface area (Å²) in [5.74, 6) is 0. The molecular weight excluding hydrogens is 234 g/mol. The molecule has 0 aromatic heterocycles. The molecule has 106 valence electrons. The van der Waals surface area contributed by atoms with Crippen LogP contribution in [0.1, 0.15) is 19.3 Å². The van der Waals surface area contributed by atoms with Crippen molar-refractivity contribution in [2.24, 2.45) is 0 Å². The maximum absolute atomic E-state index is 3.41. The molecule has 1 aromatic rings. The minimum absolute atomic E-state index is 0.695. The van der Waals surface area contributed by atoms with Gasteiger partial charge in [0.15, 0.2) is 0 Å². The number of para-hydroxylation sites is 1. The highest BCUT2D eigenvalue weighted by Gasteiger charge is 2.17. The average molecular weight is 261 g/mol. The Hall–Kier alpha value is -1.06. The van der Waals surface area contributed by atoms with Crippen LogP contribution in [0.25, 0.3) is 0 Å². The van der Waals surface area contributed by atoms with E-state index in [-0.39, 0.29) is 0 Å². The number of rotatable bonds is 6. The van der Waals surface area contributed by atoms with Crippen LogP contribution in [-0.2, 0) is 0 Å². The van der Waals surface area contributed by atoms with E-state index in [9.17, 15) is 0 Å². The summed E-state index contributed by atoms with van der Waals surface area (Å²) in [5.41, 5.74) is 1.31. The Kier molecular flexibility index (Phi) is 5.67. The number of anilines is 1. The molecule has 1 aromatic carbocycles. The minimum Gasteiger partial charge on any atom is -0.375 e. The first-order valence-electron chi connectivity index (χ1n) is 7.45. The van der Waals surface area contributed by atoms with Crippen molar-refractivity contribution < 1.29 is 0 Å². The zero-order valence-electron chi connectivity index (χ0n) is 12.3. The van der Waals surface area contributed by atoms with Crippen molar-refractivity contribution in [3.63, 3.8) is 0 Å². The third-order valence-electron chi connectivity index (χ3n) is 4.08. The molecule has 19 heavy (non-hydrogen) atoms. The third-order valence-corrected chi connectivity index (χ3v) is 4.08. The van der Waals surface area contributed by atoms with E-state index in [0.29, 0.717) is 6.04 Å². The van der Waals surface area contributed by atoms with Crippen LogP contribution in [0, 0.1) is 0 Å². The van der Waals surface area contributed by atoms with Gasteiger partial charge in [-0.3, -0.25) is 0 Å². The Morgan fingerprint density at radius 3 is 2.84 bits per heavy atom. The molecule has 0 radical (unpaired) electrons. The summed E-state index contributed by atoms with van der Waals surface area (Å²) in [6.45, 7) is 4.83. The lowest BCUT2D eigenvalue weighted by atomic mass is 10.1. The molecule has 0 aliphatic carbocycles. The molecule has 0 spiro atoms. The molecule has 1 saturated heterocycles. The maximum Gasteiger partial charge on any atom is 0.0363 e. The highest BCUT2D eigenvalue weighted by Crippen LogP contribution is 2.13. The Bertz CT molecular complexity index is 352. The van der Waals surface area contributed by atoms with Crippen LogP contribution in [0.4, 0.5) is 5.69 Å². The van der Waals surface area contributed by atoms with E-state index in [1.54, 1.807) is 0 Å². The zero-order chi connectivity index (χ0) is 13.5. The van der Waals surface area contributed by atoms with Crippen molar-refractivity contribution in [2.75, 3.05) is 45.2 Å². The van der Waals surface area contributed by atoms with Crippen molar-refractivity contribution in [1.29, 1.82) is 0 Å². The Morgan fingerprint density at radius 1 is 1.32 bits per heavy atom. The van der Waals surface area contributed by atoms with Gasteiger partial charge >= 0.3 is 0 Å². The second-order valence-electron chi connectivity index (χ2n) is 5.54. The Labute approximate surface area is 117 Å². The van der Waals surface area contributed by atoms with Gasteiger partial charge < -0.3 is 15.1 Å². The van der Waals surface area contributed by atoms with E-state index in [1.165, 1.54) is 44.6 Å². The van der Waals surface area contributed by atoms with Gasteiger partial charge in [0.25, 0.3) is 0 Å². The fourth-order valence-electron chi connectivity index (χ4n) is 2.84. The molecular formula is C16H27N3. The quantitative estimate of drug-likeness (QED) is 0.847. The fraction of sp³-hybridized carbons (Fsp3) is 0.625. The number of benzene rings is 1. The normalized spacial score (nSPS) is 20.4. The predicted molar refractivity (Wildman–Crippen MR) is 82.9 cm³/mol. The van der Waals surface area contributed by atoms with Gasteiger partial charge in [-0.2, -0.15) is 0 Å². The number of likely N-dealkylation sites (tertiary alicyclic amines) is 1. The summed E-state index contributed by atoms with van der Waals surface area (Å²) in [6.07, 6.45) is 3.90. The van der Waals surface area contributed by atoms with Crippen LogP contribution < -0.4 is 10.2 Å². The molecule has 0 saturated carbocycles. The van der Waals surface area contributed by atoms with Gasteiger partial charge in [0.05, 0.1) is 0 Å². The molecule has 0 bridgehead atoms. The second-order valence-corrected chi connectivity index (χ2v) is 5.54. The van der Waals surface area contributed by atoms with Gasteiger partial charge in [-0.1, -0.05) is 18.2 Å². The first kappa shape index (κ1) is 14.4. The molecule has 2 rings (SSSR count). The van der Waals surface area contributed by atoms with Crippen LogP contribution in [0.3, 0.4) is 0 Å². The van der Waals surface area contributed by atoms with Crippen molar-refractivity contribution in [1.82, 2.24) is 10.2 Å². The van der Waals surface area contributed by atoms with E-state index >= 15 is 0 Å². The van der Waals surface area contributed by atoms with Gasteiger partial charge in [0.2, 0.25) is 0 Å². The first-order chi connectivity index (χ1) is 9.29. The summed E-state index contributed by atoms with van der Waals surface area (Å²) in [6, 6.07) is 11.3.